The molecule has 5 heteroatoms. The molecule has 0 unspecified atom stereocenters. The van der Waals surface area contributed by atoms with Gasteiger partial charge in [-0.25, -0.2) is 4.98 Å². The van der Waals surface area contributed by atoms with E-state index in [1.807, 2.05) is 6.07 Å². The Morgan fingerprint density at radius 2 is 2.07 bits per heavy atom. The predicted octanol–water partition coefficient (Wildman–Crippen LogP) is 1.11. The molecule has 1 aromatic rings. The summed E-state index contributed by atoms with van der Waals surface area (Å²) in [4.78, 5) is 25.7. The fourth-order valence-corrected chi connectivity index (χ4v) is 1.02. The minimum atomic E-state index is -0.299. The smallest absolute Gasteiger partial charge is 0.222 e. The summed E-state index contributed by atoms with van der Waals surface area (Å²) in [5.74, 6) is -0.336. The zero-order valence-corrected chi connectivity index (χ0v) is 8.37. The SMILES string of the molecule is CC(=O)Nc1cc(C#N)cc(C(C)=O)n1. The normalized spacial score (nSPS) is 9.13. The molecular formula is C10H9N3O2. The zero-order valence-electron chi connectivity index (χ0n) is 8.37. The average Bonchev–Trinajstić information content (AvgIpc) is 2.16. The third-order valence-electron chi connectivity index (χ3n) is 1.62. The van der Waals surface area contributed by atoms with E-state index in [-0.39, 0.29) is 23.2 Å². The van der Waals surface area contributed by atoms with Crippen LogP contribution in [0, 0.1) is 11.3 Å². The Labute approximate surface area is 86.7 Å². The van der Waals surface area contributed by atoms with Crippen LogP contribution in [0.5, 0.6) is 0 Å². The van der Waals surface area contributed by atoms with Crippen molar-refractivity contribution in [1.82, 2.24) is 4.98 Å². The van der Waals surface area contributed by atoms with E-state index in [9.17, 15) is 9.59 Å². The number of nitrogens with one attached hydrogen (secondary N) is 1. The van der Waals surface area contributed by atoms with Crippen molar-refractivity contribution in [3.8, 4) is 6.07 Å². The molecule has 0 aromatic carbocycles. The monoisotopic (exact) mass is 203 g/mol. The summed E-state index contributed by atoms with van der Waals surface area (Å²) in [6.07, 6.45) is 0. The number of rotatable bonds is 2. The maximum absolute atomic E-state index is 11.1. The topological polar surface area (TPSA) is 82.9 Å². The molecule has 1 heterocycles. The molecule has 0 saturated heterocycles. The van der Waals surface area contributed by atoms with E-state index < -0.39 is 0 Å². The van der Waals surface area contributed by atoms with Gasteiger partial charge in [0, 0.05) is 13.8 Å². The van der Waals surface area contributed by atoms with Crippen molar-refractivity contribution < 1.29 is 9.59 Å². The van der Waals surface area contributed by atoms with Crippen molar-refractivity contribution in [1.29, 1.82) is 5.26 Å². The van der Waals surface area contributed by atoms with E-state index >= 15 is 0 Å². The molecule has 1 rings (SSSR count). The Kier molecular flexibility index (Phi) is 3.13. The zero-order chi connectivity index (χ0) is 11.4. The second-order valence-electron chi connectivity index (χ2n) is 2.98. The molecule has 0 aliphatic rings. The molecule has 5 nitrogen and oxygen atoms in total. The first-order valence-electron chi connectivity index (χ1n) is 4.23. The third-order valence-corrected chi connectivity index (χ3v) is 1.62. The van der Waals surface area contributed by atoms with Gasteiger partial charge in [0.05, 0.1) is 11.6 Å². The Hall–Kier alpha value is -2.22. The highest BCUT2D eigenvalue weighted by molar-refractivity contribution is 5.94. The summed E-state index contributed by atoms with van der Waals surface area (Å²) in [7, 11) is 0. The predicted molar refractivity (Wildman–Crippen MR) is 53.3 cm³/mol. The van der Waals surface area contributed by atoms with Crippen molar-refractivity contribution in [2.75, 3.05) is 5.32 Å². The lowest BCUT2D eigenvalue weighted by Crippen LogP contribution is -2.09. The number of pyridine rings is 1. The summed E-state index contributed by atoms with van der Waals surface area (Å²) in [5.41, 5.74) is 0.455. The number of anilines is 1. The molecule has 0 atom stereocenters. The molecule has 1 aromatic heterocycles. The van der Waals surface area contributed by atoms with Crippen LogP contribution in [0.15, 0.2) is 12.1 Å². The molecule has 0 spiro atoms. The summed E-state index contributed by atoms with van der Waals surface area (Å²) in [6.45, 7) is 2.68. The second-order valence-corrected chi connectivity index (χ2v) is 2.98. The molecule has 0 radical (unpaired) electrons. The number of carbonyl (C=O) groups is 2. The Morgan fingerprint density at radius 1 is 1.40 bits per heavy atom. The van der Waals surface area contributed by atoms with Crippen molar-refractivity contribution in [3.05, 3.63) is 23.4 Å². The molecule has 1 amide bonds. The number of nitriles is 1. The molecule has 1 N–H and O–H groups in total. The highest BCUT2D eigenvalue weighted by Crippen LogP contribution is 2.10. The van der Waals surface area contributed by atoms with E-state index in [1.54, 1.807) is 0 Å². The van der Waals surface area contributed by atoms with Gasteiger partial charge in [0.2, 0.25) is 5.91 Å². The fraction of sp³-hybridized carbons (Fsp3) is 0.200. The first-order chi connectivity index (χ1) is 7.02. The van der Waals surface area contributed by atoms with Gasteiger partial charge in [-0.3, -0.25) is 9.59 Å². The maximum atomic E-state index is 11.1. The van der Waals surface area contributed by atoms with Gasteiger partial charge in [-0.15, -0.1) is 0 Å². The van der Waals surface area contributed by atoms with Crippen LogP contribution in [0.2, 0.25) is 0 Å². The molecule has 0 aliphatic heterocycles. The van der Waals surface area contributed by atoms with Crippen LogP contribution in [0.3, 0.4) is 0 Å². The number of hydrogen-bond acceptors (Lipinski definition) is 4. The van der Waals surface area contributed by atoms with Crippen LogP contribution in [-0.2, 0) is 4.79 Å². The largest absolute Gasteiger partial charge is 0.311 e. The van der Waals surface area contributed by atoms with Crippen molar-refractivity contribution in [3.63, 3.8) is 0 Å². The summed E-state index contributed by atoms with van der Waals surface area (Å²) < 4.78 is 0. The lowest BCUT2D eigenvalue weighted by molar-refractivity contribution is -0.114. The van der Waals surface area contributed by atoms with E-state index in [1.165, 1.54) is 26.0 Å². The molecule has 0 bridgehead atoms. The van der Waals surface area contributed by atoms with Gasteiger partial charge in [-0.1, -0.05) is 0 Å². The van der Waals surface area contributed by atoms with Crippen LogP contribution < -0.4 is 5.32 Å². The number of carbonyl (C=O) groups excluding carboxylic acids is 2. The number of Topliss-reactive ketones (excluding diaryl/α,β-unsaturated/α-hetero) is 1. The fourth-order valence-electron chi connectivity index (χ4n) is 1.02. The van der Waals surface area contributed by atoms with E-state index in [2.05, 4.69) is 10.3 Å². The van der Waals surface area contributed by atoms with Crippen LogP contribution in [0.1, 0.15) is 29.9 Å². The lowest BCUT2D eigenvalue weighted by atomic mass is 10.2. The quantitative estimate of drug-likeness (QED) is 0.730. The number of amides is 1. The summed E-state index contributed by atoms with van der Waals surface area (Å²) >= 11 is 0. The van der Waals surface area contributed by atoms with Crippen molar-refractivity contribution in [2.24, 2.45) is 0 Å². The summed E-state index contributed by atoms with van der Waals surface area (Å²) in [5, 5.41) is 11.1. The van der Waals surface area contributed by atoms with Crippen LogP contribution in [-0.4, -0.2) is 16.7 Å². The molecular weight excluding hydrogens is 194 g/mol. The molecule has 0 aliphatic carbocycles. The van der Waals surface area contributed by atoms with Gasteiger partial charge in [0.25, 0.3) is 0 Å². The van der Waals surface area contributed by atoms with E-state index in [0.717, 1.165) is 0 Å². The molecule has 76 valence electrons. The minimum absolute atomic E-state index is 0.165. The highest BCUT2D eigenvalue weighted by atomic mass is 16.1. The standard InChI is InChI=1S/C10H9N3O2/c1-6(14)9-3-8(5-11)4-10(13-9)12-7(2)15/h3-4H,1-2H3,(H,12,13,15). The van der Waals surface area contributed by atoms with Gasteiger partial charge >= 0.3 is 0 Å². The van der Waals surface area contributed by atoms with Crippen LogP contribution >= 0.6 is 0 Å². The molecule has 0 fully saturated rings. The Bertz CT molecular complexity index is 460. The van der Waals surface area contributed by atoms with Gasteiger partial charge in [-0.2, -0.15) is 5.26 Å². The number of aromatic nitrogens is 1. The van der Waals surface area contributed by atoms with Gasteiger partial charge in [0.15, 0.2) is 5.78 Å². The van der Waals surface area contributed by atoms with Gasteiger partial charge < -0.3 is 5.32 Å². The van der Waals surface area contributed by atoms with Gasteiger partial charge in [-0.05, 0) is 12.1 Å². The highest BCUT2D eigenvalue weighted by Gasteiger charge is 2.07. The lowest BCUT2D eigenvalue weighted by Gasteiger charge is -2.03. The Balaban J connectivity index is 3.18. The van der Waals surface area contributed by atoms with E-state index in [4.69, 9.17) is 5.26 Å². The van der Waals surface area contributed by atoms with Crippen LogP contribution in [0.4, 0.5) is 5.82 Å². The number of ketones is 1. The third kappa shape index (κ3) is 2.88. The molecule has 0 saturated carbocycles. The maximum Gasteiger partial charge on any atom is 0.222 e. The first-order valence-corrected chi connectivity index (χ1v) is 4.23. The number of nitrogens with zero attached hydrogens (tertiary/aromatic N) is 2. The molecule has 15 heavy (non-hydrogen) atoms. The minimum Gasteiger partial charge on any atom is -0.311 e. The van der Waals surface area contributed by atoms with Gasteiger partial charge in [0.1, 0.15) is 11.5 Å². The Morgan fingerprint density at radius 3 is 2.53 bits per heavy atom. The second kappa shape index (κ2) is 4.33. The van der Waals surface area contributed by atoms with Crippen molar-refractivity contribution >= 4 is 17.5 Å². The van der Waals surface area contributed by atoms with Crippen LogP contribution in [0.25, 0.3) is 0 Å². The number of hydrogen-bond donors (Lipinski definition) is 1. The summed E-state index contributed by atoms with van der Waals surface area (Å²) in [6, 6.07) is 4.69. The average molecular weight is 203 g/mol. The van der Waals surface area contributed by atoms with Crippen molar-refractivity contribution in [2.45, 2.75) is 13.8 Å². The first kappa shape index (κ1) is 10.9. The van der Waals surface area contributed by atoms with E-state index in [0.29, 0.717) is 5.56 Å².